The standard InChI is InChI=1S/C10H12O2.C10H20O2.Na/c1-3-4-8-5-6-9(11)10(7-8)12-2;1-2-3-4-5-6-7-8-9-10(11)12;/h3,5-7,11H,1,4H2,2H3;2-9H2,1H3,(H,11,12);/q;;+1/p-1. The number of benzene rings is 1. The Balaban J connectivity index is 0. The summed E-state index contributed by atoms with van der Waals surface area (Å²) in [5, 5.41) is 19.4. The number of methoxy groups -OCH3 is 1. The van der Waals surface area contributed by atoms with Crippen LogP contribution in [0.1, 0.15) is 63.9 Å². The Bertz CT molecular complexity index is 475. The van der Waals surface area contributed by atoms with Crippen LogP contribution >= 0.6 is 0 Å². The second-order valence-electron chi connectivity index (χ2n) is 5.74. The van der Waals surface area contributed by atoms with Crippen LogP contribution < -0.4 is 39.4 Å². The van der Waals surface area contributed by atoms with Crippen molar-refractivity contribution in [3.05, 3.63) is 36.4 Å². The first-order valence-corrected chi connectivity index (χ1v) is 8.71. The summed E-state index contributed by atoms with van der Waals surface area (Å²) in [7, 11) is 1.49. The van der Waals surface area contributed by atoms with Gasteiger partial charge in [-0.1, -0.05) is 69.4 Å². The number of carbonyl (C=O) groups is 1. The van der Waals surface area contributed by atoms with Gasteiger partial charge in [-0.05, 0) is 24.5 Å². The Labute approximate surface area is 174 Å². The topological polar surface area (TPSA) is 69.6 Å². The maximum atomic E-state index is 11.1. The van der Waals surface area contributed by atoms with Gasteiger partial charge in [0.15, 0.2) is 0 Å². The number of aliphatic carboxylic acids is 1. The number of hydrogen-bond donors (Lipinski definition) is 1. The molecule has 0 aliphatic carbocycles. The average molecular weight is 358 g/mol. The molecule has 5 heteroatoms. The molecule has 0 aliphatic rings. The van der Waals surface area contributed by atoms with E-state index in [0.29, 0.717) is 12.2 Å². The van der Waals surface area contributed by atoms with Crippen LogP contribution in [0.25, 0.3) is 0 Å². The molecular formula is C20H31NaO4. The van der Waals surface area contributed by atoms with Gasteiger partial charge in [0.1, 0.15) is 5.75 Å². The molecule has 4 nitrogen and oxygen atoms in total. The number of allylic oxidation sites excluding steroid dienone is 1. The van der Waals surface area contributed by atoms with Crippen molar-refractivity contribution >= 4 is 5.97 Å². The van der Waals surface area contributed by atoms with Gasteiger partial charge in [-0.15, -0.1) is 6.58 Å². The number of rotatable bonds is 11. The third-order valence-electron chi connectivity index (χ3n) is 3.60. The fraction of sp³-hybridized carbons (Fsp3) is 0.550. The SMILES string of the molecule is C=CCc1ccc([O-])c(OC)c1.CCCCCCCCCC(=O)O.[Na+]. The normalized spacial score (nSPS) is 9.36. The van der Waals surface area contributed by atoms with Gasteiger partial charge in [0.05, 0.1) is 7.11 Å². The van der Waals surface area contributed by atoms with Crippen molar-refractivity contribution in [3.63, 3.8) is 0 Å². The number of carboxylic acid groups (broad SMARTS) is 1. The van der Waals surface area contributed by atoms with Crippen molar-refractivity contribution in [2.45, 2.75) is 64.7 Å². The smallest absolute Gasteiger partial charge is 0.870 e. The van der Waals surface area contributed by atoms with Gasteiger partial charge in [-0.2, -0.15) is 0 Å². The minimum Gasteiger partial charge on any atom is -0.870 e. The predicted molar refractivity (Wildman–Crippen MR) is 96.6 cm³/mol. The molecule has 0 unspecified atom stereocenters. The molecule has 0 saturated heterocycles. The molecule has 0 saturated carbocycles. The van der Waals surface area contributed by atoms with Gasteiger partial charge >= 0.3 is 35.5 Å². The van der Waals surface area contributed by atoms with Crippen LogP contribution in [0, 0.1) is 0 Å². The molecule has 136 valence electrons. The molecule has 1 rings (SSSR count). The van der Waals surface area contributed by atoms with Crippen molar-refractivity contribution < 1.29 is 49.3 Å². The van der Waals surface area contributed by atoms with E-state index in [-0.39, 0.29) is 35.3 Å². The Morgan fingerprint density at radius 2 is 1.80 bits per heavy atom. The van der Waals surface area contributed by atoms with E-state index in [4.69, 9.17) is 9.84 Å². The van der Waals surface area contributed by atoms with Crippen LogP contribution in [-0.4, -0.2) is 18.2 Å². The molecule has 0 fully saturated rings. The van der Waals surface area contributed by atoms with Gasteiger partial charge in [-0.25, -0.2) is 0 Å². The van der Waals surface area contributed by atoms with Crippen molar-refractivity contribution in [2.24, 2.45) is 0 Å². The molecular weight excluding hydrogens is 327 g/mol. The van der Waals surface area contributed by atoms with Crippen molar-refractivity contribution in [1.29, 1.82) is 0 Å². The van der Waals surface area contributed by atoms with Gasteiger partial charge < -0.3 is 14.9 Å². The summed E-state index contributed by atoms with van der Waals surface area (Å²) in [6, 6.07) is 5.04. The molecule has 1 aromatic rings. The number of ether oxygens (including phenoxy) is 1. The minimum absolute atomic E-state index is 0. The van der Waals surface area contributed by atoms with Crippen molar-refractivity contribution in [2.75, 3.05) is 7.11 Å². The summed E-state index contributed by atoms with van der Waals surface area (Å²) in [5.41, 5.74) is 1.04. The molecule has 0 amide bonds. The monoisotopic (exact) mass is 358 g/mol. The van der Waals surface area contributed by atoms with E-state index in [0.717, 1.165) is 24.8 Å². The fourth-order valence-corrected chi connectivity index (χ4v) is 2.24. The van der Waals surface area contributed by atoms with Gasteiger partial charge in [0.25, 0.3) is 0 Å². The second kappa shape index (κ2) is 17.8. The molecule has 1 aromatic carbocycles. The van der Waals surface area contributed by atoms with Crippen LogP contribution in [0.3, 0.4) is 0 Å². The van der Waals surface area contributed by atoms with E-state index in [1.165, 1.54) is 45.3 Å². The molecule has 0 aromatic heterocycles. The first-order chi connectivity index (χ1) is 11.5. The number of unbranched alkanes of at least 4 members (excludes halogenated alkanes) is 6. The molecule has 0 atom stereocenters. The molecule has 0 spiro atoms. The predicted octanol–water partition coefficient (Wildman–Crippen LogP) is 1.71. The molecule has 1 N–H and O–H groups in total. The van der Waals surface area contributed by atoms with Crippen LogP contribution in [0.15, 0.2) is 30.9 Å². The zero-order valence-corrected chi connectivity index (χ0v) is 18.1. The Hall–Kier alpha value is -0.970. The molecule has 0 heterocycles. The quantitative estimate of drug-likeness (QED) is 0.371. The summed E-state index contributed by atoms with van der Waals surface area (Å²) in [5.74, 6) is -0.344. The van der Waals surface area contributed by atoms with E-state index in [9.17, 15) is 9.90 Å². The maximum Gasteiger partial charge on any atom is 1.00 e. The zero-order chi connectivity index (χ0) is 18.2. The first kappa shape index (κ1) is 26.3. The summed E-state index contributed by atoms with van der Waals surface area (Å²) >= 11 is 0. The minimum atomic E-state index is -0.663. The van der Waals surface area contributed by atoms with Crippen molar-refractivity contribution in [1.82, 2.24) is 0 Å². The Kier molecular flexibility index (Phi) is 18.7. The number of hydrogen-bond acceptors (Lipinski definition) is 3. The number of carboxylic acids is 1. The summed E-state index contributed by atoms with van der Waals surface area (Å²) in [4.78, 5) is 10.1. The third kappa shape index (κ3) is 15.0. The van der Waals surface area contributed by atoms with Gasteiger partial charge in [0.2, 0.25) is 0 Å². The van der Waals surface area contributed by atoms with E-state index < -0.39 is 5.97 Å². The first-order valence-electron chi connectivity index (χ1n) is 8.71. The largest absolute Gasteiger partial charge is 1.00 e. The molecule has 0 radical (unpaired) electrons. The van der Waals surface area contributed by atoms with E-state index in [1.54, 1.807) is 18.2 Å². The van der Waals surface area contributed by atoms with Gasteiger partial charge in [-0.3, -0.25) is 4.79 Å². The van der Waals surface area contributed by atoms with Crippen LogP contribution in [0.4, 0.5) is 0 Å². The maximum absolute atomic E-state index is 11.1. The summed E-state index contributed by atoms with van der Waals surface area (Å²) in [6.45, 7) is 5.81. The van der Waals surface area contributed by atoms with Crippen molar-refractivity contribution in [3.8, 4) is 11.5 Å². The van der Waals surface area contributed by atoms with Crippen LogP contribution in [0.2, 0.25) is 0 Å². The average Bonchev–Trinajstić information content (AvgIpc) is 2.56. The fourth-order valence-electron chi connectivity index (χ4n) is 2.24. The third-order valence-corrected chi connectivity index (χ3v) is 3.60. The summed E-state index contributed by atoms with van der Waals surface area (Å²) in [6.07, 6.45) is 11.2. The van der Waals surface area contributed by atoms with Gasteiger partial charge in [0, 0.05) is 6.42 Å². The van der Waals surface area contributed by atoms with E-state index >= 15 is 0 Å². The van der Waals surface area contributed by atoms with Crippen LogP contribution in [-0.2, 0) is 11.2 Å². The van der Waals surface area contributed by atoms with E-state index in [1.807, 2.05) is 0 Å². The molecule has 25 heavy (non-hydrogen) atoms. The molecule has 0 aliphatic heterocycles. The Morgan fingerprint density at radius 3 is 2.32 bits per heavy atom. The second-order valence-corrected chi connectivity index (χ2v) is 5.74. The zero-order valence-electron chi connectivity index (χ0n) is 16.1. The molecule has 0 bridgehead atoms. The van der Waals surface area contributed by atoms with Crippen LogP contribution in [0.5, 0.6) is 11.5 Å². The van der Waals surface area contributed by atoms with E-state index in [2.05, 4.69) is 13.5 Å². The Morgan fingerprint density at radius 1 is 1.20 bits per heavy atom. The summed E-state index contributed by atoms with van der Waals surface area (Å²) < 4.78 is 4.89.